The number of carbonyl (C=O) groups excluding carboxylic acids is 2. The predicted molar refractivity (Wildman–Crippen MR) is 116 cm³/mol. The summed E-state index contributed by atoms with van der Waals surface area (Å²) in [4.78, 5) is 31.7. The number of carbonyl (C=O) groups is 2. The zero-order valence-electron chi connectivity index (χ0n) is 16.7. The van der Waals surface area contributed by atoms with Crippen molar-refractivity contribution in [1.29, 1.82) is 0 Å². The lowest BCUT2D eigenvalue weighted by Crippen LogP contribution is -2.29. The Morgan fingerprint density at radius 2 is 1.88 bits per heavy atom. The number of hydrogen-bond acceptors (Lipinski definition) is 6. The van der Waals surface area contributed by atoms with Gasteiger partial charge < -0.3 is 19.5 Å². The van der Waals surface area contributed by atoms with Crippen LogP contribution >= 0.6 is 11.6 Å². The van der Waals surface area contributed by atoms with E-state index in [1.807, 2.05) is 6.07 Å². The molecule has 0 radical (unpaired) electrons. The molecule has 0 aliphatic carbocycles. The monoisotopic (exact) mass is 448 g/mol. The Morgan fingerprint density at radius 3 is 2.62 bits per heavy atom. The first-order chi connectivity index (χ1) is 15.5. The van der Waals surface area contributed by atoms with Gasteiger partial charge in [0.15, 0.2) is 11.5 Å². The minimum atomic E-state index is -0.819. The average Bonchev–Trinajstić information content (AvgIpc) is 3.37. The van der Waals surface area contributed by atoms with Gasteiger partial charge >= 0.3 is 0 Å². The first-order valence-corrected chi connectivity index (χ1v) is 10.2. The molecule has 1 aromatic heterocycles. The molecule has 1 unspecified atom stereocenters. The highest BCUT2D eigenvalue weighted by Crippen LogP contribution is 2.43. The van der Waals surface area contributed by atoms with Gasteiger partial charge in [0.2, 0.25) is 6.79 Å². The third-order valence-corrected chi connectivity index (χ3v) is 5.70. The van der Waals surface area contributed by atoms with Gasteiger partial charge in [0.05, 0.1) is 11.6 Å². The highest BCUT2D eigenvalue weighted by Gasteiger charge is 2.46. The normalized spacial score (nSPS) is 18.9. The molecule has 5 rings (SSSR count). The molecule has 1 atom stereocenters. The van der Waals surface area contributed by atoms with Gasteiger partial charge in [-0.2, -0.15) is 0 Å². The molecule has 160 valence electrons. The van der Waals surface area contributed by atoms with E-state index in [2.05, 4.69) is 4.98 Å². The topological polar surface area (TPSA) is 89.0 Å². The number of rotatable bonds is 4. The van der Waals surface area contributed by atoms with Crippen molar-refractivity contribution < 1.29 is 24.2 Å². The Morgan fingerprint density at radius 1 is 1.09 bits per heavy atom. The lowest BCUT2D eigenvalue weighted by molar-refractivity contribution is -0.140. The van der Waals surface area contributed by atoms with E-state index in [1.54, 1.807) is 60.9 Å². The van der Waals surface area contributed by atoms with Crippen molar-refractivity contribution in [1.82, 2.24) is 9.88 Å². The largest absolute Gasteiger partial charge is 0.507 e. The molecule has 1 N–H and O–H groups in total. The van der Waals surface area contributed by atoms with Crippen molar-refractivity contribution in [3.63, 3.8) is 0 Å². The molecule has 1 amide bonds. The number of fused-ring (bicyclic) bond motifs is 1. The molecule has 1 saturated heterocycles. The van der Waals surface area contributed by atoms with Crippen molar-refractivity contribution >= 4 is 29.1 Å². The number of nitrogens with zero attached hydrogens (tertiary/aromatic N) is 2. The summed E-state index contributed by atoms with van der Waals surface area (Å²) in [6.45, 7) is 0.244. The first-order valence-electron chi connectivity index (χ1n) is 9.86. The van der Waals surface area contributed by atoms with Gasteiger partial charge in [0.25, 0.3) is 11.7 Å². The fourth-order valence-corrected chi connectivity index (χ4v) is 4.05. The van der Waals surface area contributed by atoms with Crippen molar-refractivity contribution in [3.05, 3.63) is 94.3 Å². The van der Waals surface area contributed by atoms with Gasteiger partial charge in [-0.15, -0.1) is 0 Å². The van der Waals surface area contributed by atoms with E-state index >= 15 is 0 Å². The minimum Gasteiger partial charge on any atom is -0.507 e. The van der Waals surface area contributed by atoms with Crippen LogP contribution in [0, 0.1) is 0 Å². The van der Waals surface area contributed by atoms with Crippen LogP contribution < -0.4 is 9.47 Å². The Labute approximate surface area is 188 Å². The molecule has 2 aromatic carbocycles. The van der Waals surface area contributed by atoms with Crippen LogP contribution in [0.2, 0.25) is 5.02 Å². The molecular formula is C24H17ClN2O5. The highest BCUT2D eigenvalue weighted by molar-refractivity contribution is 6.46. The fourth-order valence-electron chi connectivity index (χ4n) is 3.92. The zero-order valence-corrected chi connectivity index (χ0v) is 17.5. The van der Waals surface area contributed by atoms with Gasteiger partial charge in [-0.05, 0) is 53.6 Å². The molecule has 1 fully saturated rings. The van der Waals surface area contributed by atoms with Gasteiger partial charge in [-0.3, -0.25) is 14.6 Å². The van der Waals surface area contributed by atoms with Gasteiger partial charge in [-0.1, -0.05) is 23.7 Å². The van der Waals surface area contributed by atoms with E-state index < -0.39 is 17.7 Å². The van der Waals surface area contributed by atoms with E-state index in [1.165, 1.54) is 4.90 Å². The van der Waals surface area contributed by atoms with Crippen LogP contribution in [0.3, 0.4) is 0 Å². The third-order valence-electron chi connectivity index (χ3n) is 5.45. The number of amides is 1. The molecule has 7 nitrogen and oxygen atoms in total. The molecule has 2 aliphatic heterocycles. The van der Waals surface area contributed by atoms with Gasteiger partial charge in [0, 0.05) is 29.5 Å². The number of aliphatic hydroxyl groups is 1. The Hall–Kier alpha value is -3.84. The van der Waals surface area contributed by atoms with Crippen molar-refractivity contribution in [3.8, 4) is 11.5 Å². The number of likely N-dealkylation sites (tertiary alicyclic amines) is 1. The average molecular weight is 449 g/mol. The van der Waals surface area contributed by atoms with Crippen molar-refractivity contribution in [2.75, 3.05) is 6.79 Å². The van der Waals surface area contributed by atoms with Crippen LogP contribution in [0.5, 0.6) is 11.5 Å². The molecule has 0 saturated carbocycles. The number of halogens is 1. The summed E-state index contributed by atoms with van der Waals surface area (Å²) in [5.74, 6) is -0.635. The lowest BCUT2D eigenvalue weighted by atomic mass is 9.95. The third kappa shape index (κ3) is 3.46. The number of ether oxygens (including phenoxy) is 2. The highest BCUT2D eigenvalue weighted by atomic mass is 35.5. The van der Waals surface area contributed by atoms with Crippen LogP contribution in [0.1, 0.15) is 22.7 Å². The molecule has 3 heterocycles. The molecule has 0 spiro atoms. The van der Waals surface area contributed by atoms with Gasteiger partial charge in [0.1, 0.15) is 5.76 Å². The SMILES string of the molecule is O=C1C(=O)N(Cc2cccnc2)C(c2ccc3c(c2)OCO3)/C1=C(\O)c1ccc(Cl)cc1. The summed E-state index contributed by atoms with van der Waals surface area (Å²) >= 11 is 5.96. The summed E-state index contributed by atoms with van der Waals surface area (Å²) in [6.07, 6.45) is 3.27. The molecule has 0 bridgehead atoms. The number of hydrogen-bond donors (Lipinski definition) is 1. The second kappa shape index (κ2) is 8.01. The molecule has 2 aliphatic rings. The number of benzene rings is 2. The summed E-state index contributed by atoms with van der Waals surface area (Å²) in [5, 5.41) is 11.6. The van der Waals surface area contributed by atoms with Crippen LogP contribution in [0.15, 0.2) is 72.6 Å². The predicted octanol–water partition coefficient (Wildman–Crippen LogP) is 4.09. The molecule has 3 aromatic rings. The van der Waals surface area contributed by atoms with E-state index in [4.69, 9.17) is 21.1 Å². The lowest BCUT2D eigenvalue weighted by Gasteiger charge is -2.25. The second-order valence-electron chi connectivity index (χ2n) is 7.41. The van der Waals surface area contributed by atoms with Gasteiger partial charge in [-0.25, -0.2) is 0 Å². The summed E-state index contributed by atoms with van der Waals surface area (Å²) < 4.78 is 10.9. The summed E-state index contributed by atoms with van der Waals surface area (Å²) in [7, 11) is 0. The smallest absolute Gasteiger partial charge is 0.295 e. The number of Topliss-reactive ketones (excluding diaryl/α,β-unsaturated/α-hetero) is 1. The van der Waals surface area contributed by atoms with Crippen molar-refractivity contribution in [2.45, 2.75) is 12.6 Å². The Bertz CT molecular complexity index is 1240. The number of ketones is 1. The maximum Gasteiger partial charge on any atom is 0.295 e. The van der Waals surface area contributed by atoms with Crippen LogP contribution in [0.25, 0.3) is 5.76 Å². The number of aliphatic hydroxyl groups excluding tert-OH is 1. The second-order valence-corrected chi connectivity index (χ2v) is 7.84. The fraction of sp³-hybridized carbons (Fsp3) is 0.125. The number of aromatic nitrogens is 1. The Kier molecular flexibility index (Phi) is 5.03. The van der Waals surface area contributed by atoms with E-state index in [9.17, 15) is 14.7 Å². The maximum absolute atomic E-state index is 13.1. The van der Waals surface area contributed by atoms with Crippen LogP contribution in [0.4, 0.5) is 0 Å². The van der Waals surface area contributed by atoms with E-state index in [0.717, 1.165) is 5.56 Å². The molecule has 8 heteroatoms. The quantitative estimate of drug-likeness (QED) is 0.367. The Balaban J connectivity index is 1.65. The maximum atomic E-state index is 13.1. The van der Waals surface area contributed by atoms with Crippen LogP contribution in [-0.2, 0) is 16.1 Å². The zero-order chi connectivity index (χ0) is 22.2. The molecule has 32 heavy (non-hydrogen) atoms. The summed E-state index contributed by atoms with van der Waals surface area (Å²) in [5.41, 5.74) is 1.76. The van der Waals surface area contributed by atoms with E-state index in [-0.39, 0.29) is 24.7 Å². The number of pyridine rings is 1. The molecular weight excluding hydrogens is 432 g/mol. The first kappa shape index (κ1) is 20.1. The van der Waals surface area contributed by atoms with Crippen LogP contribution in [-0.4, -0.2) is 33.5 Å². The standard InChI is InChI=1S/C24H17ClN2O5/c25-17-6-3-15(4-7-17)22(28)20-21(16-5-8-18-19(10-16)32-13-31-18)27(24(30)23(20)29)12-14-2-1-9-26-11-14/h1-11,21,28H,12-13H2/b22-20+. The summed E-state index contributed by atoms with van der Waals surface area (Å²) in [6, 6.07) is 14.4. The van der Waals surface area contributed by atoms with E-state index in [0.29, 0.717) is 27.6 Å². The van der Waals surface area contributed by atoms with Crippen molar-refractivity contribution in [2.24, 2.45) is 0 Å². The minimum absolute atomic E-state index is 0.0000723.